The van der Waals surface area contributed by atoms with E-state index in [4.69, 9.17) is 0 Å². The summed E-state index contributed by atoms with van der Waals surface area (Å²) in [6.07, 6.45) is 9.96. The molecule has 0 aromatic carbocycles. The van der Waals surface area contributed by atoms with Gasteiger partial charge in [0.1, 0.15) is 17.3 Å². The Morgan fingerprint density at radius 3 is 1.92 bits per heavy atom. The SMILES string of the molecule is CC.CC.CC.CC.Cc1ccn2c(N3CC(C)C3)cncc12.Cc1ccn2c(NN3CC(C)C3)cnc2c1. The highest BCUT2D eigenvalue weighted by molar-refractivity contribution is 5.59. The molecular weight excluding hydrogens is 482 g/mol. The highest BCUT2D eigenvalue weighted by Gasteiger charge is 2.24. The molecule has 2 saturated heterocycles. The summed E-state index contributed by atoms with van der Waals surface area (Å²) < 4.78 is 4.31. The van der Waals surface area contributed by atoms with Gasteiger partial charge in [0.15, 0.2) is 0 Å². The van der Waals surface area contributed by atoms with Gasteiger partial charge in [0.25, 0.3) is 0 Å². The average molecular weight is 538 g/mol. The third-order valence-electron chi connectivity index (χ3n) is 6.16. The third kappa shape index (κ3) is 8.72. The Kier molecular flexibility index (Phi) is 15.3. The van der Waals surface area contributed by atoms with Crippen LogP contribution in [-0.4, -0.2) is 50.0 Å². The number of nitrogens with one attached hydrogen (secondary N) is 1. The molecule has 39 heavy (non-hydrogen) atoms. The molecule has 7 nitrogen and oxygen atoms in total. The van der Waals surface area contributed by atoms with Crippen molar-refractivity contribution in [1.82, 2.24) is 23.8 Å². The predicted molar refractivity (Wildman–Crippen MR) is 171 cm³/mol. The molecule has 4 aromatic heterocycles. The van der Waals surface area contributed by atoms with Gasteiger partial charge < -0.3 is 14.7 Å². The molecule has 0 amide bonds. The molecule has 0 atom stereocenters. The Hall–Kier alpha value is -3.06. The Labute approximate surface area is 238 Å². The average Bonchev–Trinajstić information content (AvgIpc) is 3.54. The summed E-state index contributed by atoms with van der Waals surface area (Å²) in [6, 6.07) is 6.33. The van der Waals surface area contributed by atoms with Crippen molar-refractivity contribution in [3.8, 4) is 0 Å². The van der Waals surface area contributed by atoms with Gasteiger partial charge in [-0.15, -0.1) is 0 Å². The van der Waals surface area contributed by atoms with Gasteiger partial charge in [-0.25, -0.2) is 9.99 Å². The molecule has 2 aliphatic rings. The minimum absolute atomic E-state index is 0.800. The number of nitrogens with zero attached hydrogens (tertiary/aromatic N) is 6. The molecule has 7 heteroatoms. The third-order valence-corrected chi connectivity index (χ3v) is 6.16. The van der Waals surface area contributed by atoms with Gasteiger partial charge in [-0.3, -0.25) is 9.38 Å². The molecule has 0 radical (unpaired) electrons. The summed E-state index contributed by atoms with van der Waals surface area (Å²) in [5.41, 5.74) is 8.12. The fourth-order valence-corrected chi connectivity index (χ4v) is 4.38. The first-order chi connectivity index (χ1) is 19.0. The van der Waals surface area contributed by atoms with Crippen LogP contribution in [0.15, 0.2) is 49.2 Å². The minimum atomic E-state index is 0.800. The molecule has 218 valence electrons. The first-order valence-electron chi connectivity index (χ1n) is 15.1. The monoisotopic (exact) mass is 537 g/mol. The smallest absolute Gasteiger partial charge is 0.145 e. The molecule has 6 rings (SSSR count). The number of imidazole rings is 1. The highest BCUT2D eigenvalue weighted by Crippen LogP contribution is 2.25. The van der Waals surface area contributed by atoms with Gasteiger partial charge in [-0.2, -0.15) is 0 Å². The van der Waals surface area contributed by atoms with Gasteiger partial charge in [-0.05, 0) is 55.0 Å². The Morgan fingerprint density at radius 1 is 0.744 bits per heavy atom. The fraction of sp³-hybridized carbons (Fsp3) is 0.562. The summed E-state index contributed by atoms with van der Waals surface area (Å²) in [6.45, 7) is 29.3. The van der Waals surface area contributed by atoms with E-state index in [9.17, 15) is 0 Å². The Bertz CT molecular complexity index is 1200. The molecule has 4 aromatic rings. The Balaban J connectivity index is 0.000000312. The maximum Gasteiger partial charge on any atom is 0.145 e. The molecule has 2 aliphatic heterocycles. The predicted octanol–water partition coefficient (Wildman–Crippen LogP) is 8.12. The highest BCUT2D eigenvalue weighted by atomic mass is 15.6. The summed E-state index contributed by atoms with van der Waals surface area (Å²) >= 11 is 0. The second kappa shape index (κ2) is 17.5. The van der Waals surface area contributed by atoms with E-state index in [1.807, 2.05) is 74.0 Å². The first-order valence-corrected chi connectivity index (χ1v) is 15.1. The lowest BCUT2D eigenvalue weighted by molar-refractivity contribution is 0.146. The summed E-state index contributed by atoms with van der Waals surface area (Å²) in [7, 11) is 0. The zero-order valence-electron chi connectivity index (χ0n) is 26.8. The number of pyridine rings is 1. The summed E-state index contributed by atoms with van der Waals surface area (Å²) in [4.78, 5) is 11.1. The number of hydrogen-bond acceptors (Lipinski definition) is 5. The van der Waals surface area contributed by atoms with Crippen LogP contribution in [0.25, 0.3) is 11.2 Å². The maximum absolute atomic E-state index is 4.38. The molecule has 2 fully saturated rings. The van der Waals surface area contributed by atoms with Crippen molar-refractivity contribution in [2.24, 2.45) is 11.8 Å². The van der Waals surface area contributed by atoms with E-state index in [0.29, 0.717) is 0 Å². The number of anilines is 2. The lowest BCUT2D eigenvalue weighted by Gasteiger charge is -2.39. The van der Waals surface area contributed by atoms with E-state index in [0.717, 1.165) is 49.5 Å². The number of hydrazine groups is 1. The van der Waals surface area contributed by atoms with Crippen LogP contribution >= 0.6 is 0 Å². The zero-order valence-corrected chi connectivity index (χ0v) is 26.8. The number of hydrogen-bond donors (Lipinski definition) is 1. The van der Waals surface area contributed by atoms with Crippen molar-refractivity contribution < 1.29 is 0 Å². The quantitative estimate of drug-likeness (QED) is 0.286. The van der Waals surface area contributed by atoms with Gasteiger partial charge in [0.05, 0.1) is 24.1 Å². The summed E-state index contributed by atoms with van der Waals surface area (Å²) in [5, 5.41) is 2.22. The second-order valence-electron chi connectivity index (χ2n) is 9.23. The topological polar surface area (TPSA) is 53.1 Å². The van der Waals surface area contributed by atoms with Crippen LogP contribution in [0.3, 0.4) is 0 Å². The van der Waals surface area contributed by atoms with E-state index in [1.165, 1.54) is 22.5 Å². The van der Waals surface area contributed by atoms with E-state index < -0.39 is 0 Å². The number of rotatable bonds is 3. The normalized spacial score (nSPS) is 14.4. The van der Waals surface area contributed by atoms with Gasteiger partial charge in [-0.1, -0.05) is 69.2 Å². The van der Waals surface area contributed by atoms with Crippen LogP contribution in [0.4, 0.5) is 11.6 Å². The van der Waals surface area contributed by atoms with Crippen LogP contribution in [0.1, 0.15) is 80.4 Å². The van der Waals surface area contributed by atoms with Gasteiger partial charge in [0, 0.05) is 38.6 Å². The van der Waals surface area contributed by atoms with Crippen LogP contribution in [-0.2, 0) is 0 Å². The molecule has 0 saturated carbocycles. The zero-order chi connectivity index (χ0) is 29.5. The molecule has 6 heterocycles. The van der Waals surface area contributed by atoms with Crippen LogP contribution in [0, 0.1) is 25.7 Å². The lowest BCUT2D eigenvalue weighted by Crippen LogP contribution is -2.48. The van der Waals surface area contributed by atoms with Crippen molar-refractivity contribution in [2.45, 2.75) is 83.1 Å². The number of aryl methyl sites for hydroxylation is 2. The standard InChI is InChI=1S/C12H16N4.C12H15N3.4C2H6/c1-9-3-4-16-11(5-9)13-6-12(16)14-15-7-10(2)8-15;1-9-7-14(8-9)12-6-13-5-11-10(2)3-4-15(11)12;4*1-2/h3-6,10,14H,7-8H2,1-2H3;3-6,9H,7-8H2,1-2H3;4*1-2H3. The molecular formula is C32H55N7. The van der Waals surface area contributed by atoms with E-state index in [1.54, 1.807) is 0 Å². The van der Waals surface area contributed by atoms with Crippen molar-refractivity contribution >= 4 is 22.8 Å². The second-order valence-corrected chi connectivity index (χ2v) is 9.23. The van der Waals surface area contributed by atoms with E-state index in [2.05, 4.69) is 92.4 Å². The van der Waals surface area contributed by atoms with E-state index in [-0.39, 0.29) is 0 Å². The summed E-state index contributed by atoms with van der Waals surface area (Å²) in [5.74, 6) is 3.88. The number of aromatic nitrogens is 4. The fourth-order valence-electron chi connectivity index (χ4n) is 4.38. The molecule has 1 N–H and O–H groups in total. The van der Waals surface area contributed by atoms with Gasteiger partial charge >= 0.3 is 0 Å². The van der Waals surface area contributed by atoms with Crippen LogP contribution in [0.5, 0.6) is 0 Å². The molecule has 0 aliphatic carbocycles. The van der Waals surface area contributed by atoms with Crippen molar-refractivity contribution in [3.63, 3.8) is 0 Å². The first kappa shape index (κ1) is 34.0. The van der Waals surface area contributed by atoms with Gasteiger partial charge in [0.2, 0.25) is 0 Å². The molecule has 0 unspecified atom stereocenters. The van der Waals surface area contributed by atoms with Crippen molar-refractivity contribution in [2.75, 3.05) is 36.5 Å². The lowest BCUT2D eigenvalue weighted by atomic mass is 10.0. The molecule has 0 spiro atoms. The number of fused-ring (bicyclic) bond motifs is 2. The van der Waals surface area contributed by atoms with Crippen molar-refractivity contribution in [1.29, 1.82) is 0 Å². The van der Waals surface area contributed by atoms with E-state index >= 15 is 0 Å². The Morgan fingerprint density at radius 2 is 1.33 bits per heavy atom. The largest absolute Gasteiger partial charge is 0.356 e. The van der Waals surface area contributed by atoms with Crippen LogP contribution < -0.4 is 10.3 Å². The minimum Gasteiger partial charge on any atom is -0.356 e. The van der Waals surface area contributed by atoms with Crippen LogP contribution in [0.2, 0.25) is 0 Å². The molecule has 0 bridgehead atoms. The maximum atomic E-state index is 4.38. The van der Waals surface area contributed by atoms with Crippen molar-refractivity contribution in [3.05, 3.63) is 60.3 Å².